The summed E-state index contributed by atoms with van der Waals surface area (Å²) in [6, 6.07) is 6.46. The van der Waals surface area contributed by atoms with Crippen molar-refractivity contribution < 1.29 is 9.63 Å². The maximum Gasteiger partial charge on any atom is 0.244 e. The number of rotatable bonds is 4. The van der Waals surface area contributed by atoms with Crippen molar-refractivity contribution in [1.29, 1.82) is 0 Å². The molecule has 3 aromatic rings. The number of hydrogen-bond acceptors (Lipinski definition) is 6. The molecular weight excluding hydrogens is 270 g/mol. The van der Waals surface area contributed by atoms with Crippen molar-refractivity contribution in [3.05, 3.63) is 48.1 Å². The largest absolute Gasteiger partial charge is 0.508 e. The lowest BCUT2D eigenvalue weighted by molar-refractivity contribution is 0.354. The molecule has 0 saturated heterocycles. The quantitative estimate of drug-likeness (QED) is 0.751. The first-order valence-corrected chi connectivity index (χ1v) is 6.48. The van der Waals surface area contributed by atoms with E-state index < -0.39 is 6.04 Å². The highest BCUT2D eigenvalue weighted by Crippen LogP contribution is 2.19. The molecule has 21 heavy (non-hydrogen) atoms. The molecule has 7 heteroatoms. The molecule has 0 saturated carbocycles. The molecule has 0 amide bonds. The molecule has 2 heterocycles. The van der Waals surface area contributed by atoms with Crippen LogP contribution in [0.2, 0.25) is 0 Å². The number of nitrogens with zero attached hydrogens (tertiary/aromatic N) is 4. The zero-order chi connectivity index (χ0) is 14.8. The fourth-order valence-corrected chi connectivity index (χ4v) is 2.03. The standard InChI is InChI=1S/C14H15N5O2/c1-19-7-6-16-13(19)12-17-14(21-18-12)11(15)8-9-2-4-10(20)5-3-9/h2-7,11,20H,8,15H2,1H3/t11-/m1/s1. The minimum absolute atomic E-state index is 0.224. The Morgan fingerprint density at radius 1 is 1.33 bits per heavy atom. The molecule has 0 bridgehead atoms. The lowest BCUT2D eigenvalue weighted by atomic mass is 10.1. The Morgan fingerprint density at radius 2 is 2.10 bits per heavy atom. The third kappa shape index (κ3) is 2.77. The van der Waals surface area contributed by atoms with Gasteiger partial charge in [0, 0.05) is 19.4 Å². The van der Waals surface area contributed by atoms with Crippen LogP contribution in [0.25, 0.3) is 11.6 Å². The Hall–Kier alpha value is -2.67. The number of imidazole rings is 1. The maximum absolute atomic E-state index is 9.26. The molecule has 0 unspecified atom stereocenters. The summed E-state index contributed by atoms with van der Waals surface area (Å²) in [6.07, 6.45) is 4.02. The molecule has 0 spiro atoms. The van der Waals surface area contributed by atoms with E-state index in [0.717, 1.165) is 5.56 Å². The van der Waals surface area contributed by atoms with Gasteiger partial charge in [0.05, 0.1) is 6.04 Å². The Bertz CT molecular complexity index is 732. The summed E-state index contributed by atoms with van der Waals surface area (Å²) in [5.41, 5.74) is 7.07. The molecule has 1 aromatic carbocycles. The SMILES string of the molecule is Cn1ccnc1-c1noc([C@H](N)Cc2ccc(O)cc2)n1. The molecule has 2 aromatic heterocycles. The van der Waals surface area contributed by atoms with E-state index in [1.165, 1.54) is 0 Å². The van der Waals surface area contributed by atoms with E-state index >= 15 is 0 Å². The summed E-state index contributed by atoms with van der Waals surface area (Å²) in [6.45, 7) is 0. The van der Waals surface area contributed by atoms with Crippen molar-refractivity contribution in [2.45, 2.75) is 12.5 Å². The zero-order valence-electron chi connectivity index (χ0n) is 11.5. The van der Waals surface area contributed by atoms with Crippen molar-refractivity contribution in [3.63, 3.8) is 0 Å². The van der Waals surface area contributed by atoms with Crippen LogP contribution >= 0.6 is 0 Å². The van der Waals surface area contributed by atoms with Crippen LogP contribution in [0.15, 0.2) is 41.2 Å². The van der Waals surface area contributed by atoms with E-state index in [4.69, 9.17) is 10.3 Å². The van der Waals surface area contributed by atoms with Gasteiger partial charge in [-0.05, 0) is 24.1 Å². The summed E-state index contributed by atoms with van der Waals surface area (Å²) in [5, 5.41) is 13.2. The Balaban J connectivity index is 1.76. The van der Waals surface area contributed by atoms with Crippen LogP contribution in [0.4, 0.5) is 0 Å². The first-order chi connectivity index (χ1) is 10.1. The van der Waals surface area contributed by atoms with Crippen molar-refractivity contribution in [1.82, 2.24) is 19.7 Å². The van der Waals surface area contributed by atoms with Crippen LogP contribution in [0.1, 0.15) is 17.5 Å². The van der Waals surface area contributed by atoms with Crippen molar-refractivity contribution in [2.24, 2.45) is 12.8 Å². The maximum atomic E-state index is 9.26. The van der Waals surface area contributed by atoms with Gasteiger partial charge in [-0.15, -0.1) is 0 Å². The lowest BCUT2D eigenvalue weighted by Gasteiger charge is -2.06. The zero-order valence-corrected chi connectivity index (χ0v) is 11.5. The number of aromatic nitrogens is 4. The highest BCUT2D eigenvalue weighted by Gasteiger charge is 2.18. The highest BCUT2D eigenvalue weighted by molar-refractivity contribution is 5.42. The number of hydrogen-bond donors (Lipinski definition) is 2. The van der Waals surface area contributed by atoms with Crippen molar-refractivity contribution >= 4 is 0 Å². The molecule has 0 radical (unpaired) electrons. The van der Waals surface area contributed by atoms with Gasteiger partial charge < -0.3 is 19.9 Å². The fourth-order valence-electron chi connectivity index (χ4n) is 2.03. The summed E-state index contributed by atoms with van der Waals surface area (Å²) in [5.74, 6) is 1.63. The van der Waals surface area contributed by atoms with E-state index in [1.54, 1.807) is 22.9 Å². The second-order valence-electron chi connectivity index (χ2n) is 4.80. The monoisotopic (exact) mass is 285 g/mol. The summed E-state index contributed by atoms with van der Waals surface area (Å²) < 4.78 is 7.02. The van der Waals surface area contributed by atoms with Crippen molar-refractivity contribution in [2.75, 3.05) is 0 Å². The third-order valence-electron chi connectivity index (χ3n) is 3.17. The predicted molar refractivity (Wildman–Crippen MR) is 75.2 cm³/mol. The Kier molecular flexibility index (Phi) is 3.41. The third-order valence-corrected chi connectivity index (χ3v) is 3.17. The lowest BCUT2D eigenvalue weighted by Crippen LogP contribution is -2.13. The number of nitrogens with two attached hydrogens (primary N) is 1. The van der Waals surface area contributed by atoms with E-state index in [9.17, 15) is 5.11 Å². The fraction of sp³-hybridized carbons (Fsp3) is 0.214. The van der Waals surface area contributed by atoms with Gasteiger partial charge in [0.2, 0.25) is 11.7 Å². The number of aryl methyl sites for hydroxylation is 1. The Morgan fingerprint density at radius 3 is 2.76 bits per heavy atom. The predicted octanol–water partition coefficient (Wildman–Crippen LogP) is 1.42. The van der Waals surface area contributed by atoms with Gasteiger partial charge in [-0.2, -0.15) is 4.98 Å². The molecule has 0 aliphatic rings. The molecule has 0 aliphatic carbocycles. The molecular formula is C14H15N5O2. The van der Waals surface area contributed by atoms with Crippen LogP contribution < -0.4 is 5.73 Å². The normalized spacial score (nSPS) is 12.5. The van der Waals surface area contributed by atoms with Gasteiger partial charge in [0.1, 0.15) is 5.75 Å². The molecule has 0 aliphatic heterocycles. The molecule has 108 valence electrons. The number of aromatic hydroxyl groups is 1. The van der Waals surface area contributed by atoms with Gasteiger partial charge in [0.15, 0.2) is 5.82 Å². The van der Waals surface area contributed by atoms with Gasteiger partial charge in [-0.25, -0.2) is 4.98 Å². The van der Waals surface area contributed by atoms with Gasteiger partial charge in [-0.3, -0.25) is 0 Å². The molecule has 1 atom stereocenters. The molecule has 0 fully saturated rings. The van der Waals surface area contributed by atoms with Crippen LogP contribution in [0, 0.1) is 0 Å². The average Bonchev–Trinajstić information content (AvgIpc) is 3.09. The number of phenols is 1. The van der Waals surface area contributed by atoms with E-state index in [2.05, 4.69) is 15.1 Å². The molecule has 3 N–H and O–H groups in total. The first-order valence-electron chi connectivity index (χ1n) is 6.48. The van der Waals surface area contributed by atoms with Gasteiger partial charge in [0.25, 0.3) is 0 Å². The van der Waals surface area contributed by atoms with Crippen LogP contribution in [-0.2, 0) is 13.5 Å². The van der Waals surface area contributed by atoms with Gasteiger partial charge in [-0.1, -0.05) is 17.3 Å². The summed E-state index contributed by atoms with van der Waals surface area (Å²) in [7, 11) is 1.86. The van der Waals surface area contributed by atoms with E-state index in [1.807, 2.05) is 25.4 Å². The smallest absolute Gasteiger partial charge is 0.244 e. The van der Waals surface area contributed by atoms with Crippen molar-refractivity contribution in [3.8, 4) is 17.4 Å². The van der Waals surface area contributed by atoms with Gasteiger partial charge >= 0.3 is 0 Å². The minimum Gasteiger partial charge on any atom is -0.508 e. The number of benzene rings is 1. The van der Waals surface area contributed by atoms with E-state index in [-0.39, 0.29) is 5.75 Å². The summed E-state index contributed by atoms with van der Waals surface area (Å²) >= 11 is 0. The molecule has 7 nitrogen and oxygen atoms in total. The molecule has 3 rings (SSSR count). The highest BCUT2D eigenvalue weighted by atomic mass is 16.5. The second-order valence-corrected chi connectivity index (χ2v) is 4.80. The topological polar surface area (TPSA) is 103 Å². The van der Waals surface area contributed by atoms with Crippen LogP contribution in [-0.4, -0.2) is 24.8 Å². The Labute approximate surface area is 121 Å². The minimum atomic E-state index is -0.406. The summed E-state index contributed by atoms with van der Waals surface area (Å²) in [4.78, 5) is 8.45. The number of phenolic OH excluding ortho intramolecular Hbond substituents is 1. The van der Waals surface area contributed by atoms with Crippen LogP contribution in [0.5, 0.6) is 5.75 Å². The van der Waals surface area contributed by atoms with Crippen LogP contribution in [0.3, 0.4) is 0 Å². The average molecular weight is 285 g/mol. The first kappa shape index (κ1) is 13.3. The van der Waals surface area contributed by atoms with E-state index in [0.29, 0.717) is 24.0 Å². The second kappa shape index (κ2) is 5.37.